The molecule has 0 aliphatic carbocycles. The van der Waals surface area contributed by atoms with E-state index in [-0.39, 0.29) is 30.5 Å². The molecule has 0 fully saturated rings. The van der Waals surface area contributed by atoms with Gasteiger partial charge in [-0.3, -0.25) is 30.6 Å². The maximum absolute atomic E-state index is 11.8. The number of hydrogen-bond acceptors (Lipinski definition) is 5. The molecule has 2 rings (SSSR count). The summed E-state index contributed by atoms with van der Waals surface area (Å²) in [7, 11) is 0. The number of carbonyl (C=O) groups excluding carboxylic acids is 3. The van der Waals surface area contributed by atoms with E-state index in [1.807, 2.05) is 6.07 Å². The minimum Gasteiger partial charge on any atom is -0.484 e. The Labute approximate surface area is 177 Å². The third-order valence-electron chi connectivity index (χ3n) is 3.39. The number of nitrogens with one attached hydrogen (secondary N) is 4. The predicted octanol–water partition coefficient (Wildman–Crippen LogP) is 2.16. The number of benzene rings is 2. The van der Waals surface area contributed by atoms with Crippen molar-refractivity contribution in [3.63, 3.8) is 0 Å². The molecule has 2 aromatic rings. The summed E-state index contributed by atoms with van der Waals surface area (Å²) in [6.45, 7) is -0.267. The predicted molar refractivity (Wildman–Crippen MR) is 113 cm³/mol. The van der Waals surface area contributed by atoms with Crippen LogP contribution >= 0.6 is 23.8 Å². The maximum Gasteiger partial charge on any atom is 0.264 e. The van der Waals surface area contributed by atoms with Crippen LogP contribution in [-0.2, 0) is 14.4 Å². The van der Waals surface area contributed by atoms with Gasteiger partial charge in [0.25, 0.3) is 5.91 Å². The van der Waals surface area contributed by atoms with Crippen LogP contribution in [0.5, 0.6) is 5.75 Å². The van der Waals surface area contributed by atoms with Crippen molar-refractivity contribution in [2.24, 2.45) is 0 Å². The third kappa shape index (κ3) is 9.04. The molecule has 10 heteroatoms. The van der Waals surface area contributed by atoms with Crippen LogP contribution in [0.3, 0.4) is 0 Å². The molecule has 3 amide bonds. The van der Waals surface area contributed by atoms with Gasteiger partial charge in [-0.05, 0) is 48.6 Å². The number of carbonyl (C=O) groups is 3. The van der Waals surface area contributed by atoms with Gasteiger partial charge in [0.2, 0.25) is 11.8 Å². The Morgan fingerprint density at radius 1 is 0.862 bits per heavy atom. The number of anilines is 1. The van der Waals surface area contributed by atoms with E-state index < -0.39 is 11.8 Å². The lowest BCUT2D eigenvalue weighted by Crippen LogP contribution is -2.49. The van der Waals surface area contributed by atoms with Crippen molar-refractivity contribution in [1.82, 2.24) is 16.2 Å². The largest absolute Gasteiger partial charge is 0.484 e. The molecular weight excluding hydrogens is 416 g/mol. The fourth-order valence-electron chi connectivity index (χ4n) is 2.03. The van der Waals surface area contributed by atoms with Crippen molar-refractivity contribution in [2.75, 3.05) is 11.9 Å². The minimum absolute atomic E-state index is 0.00351. The van der Waals surface area contributed by atoms with E-state index in [1.54, 1.807) is 48.5 Å². The van der Waals surface area contributed by atoms with Crippen LogP contribution in [0, 0.1) is 0 Å². The Balaban J connectivity index is 1.59. The van der Waals surface area contributed by atoms with E-state index in [1.165, 1.54) is 0 Å². The summed E-state index contributed by atoms with van der Waals surface area (Å²) in [5, 5.41) is 5.48. The quantitative estimate of drug-likeness (QED) is 0.393. The van der Waals surface area contributed by atoms with Crippen LogP contribution < -0.4 is 26.2 Å². The molecule has 0 saturated carbocycles. The van der Waals surface area contributed by atoms with Crippen molar-refractivity contribution in [3.8, 4) is 5.75 Å². The lowest BCUT2D eigenvalue weighted by Gasteiger charge is -2.11. The Morgan fingerprint density at radius 3 is 2.21 bits per heavy atom. The zero-order valence-corrected chi connectivity index (χ0v) is 16.8. The molecule has 0 aliphatic heterocycles. The van der Waals surface area contributed by atoms with Gasteiger partial charge in [-0.25, -0.2) is 0 Å². The van der Waals surface area contributed by atoms with Gasteiger partial charge in [-0.15, -0.1) is 0 Å². The summed E-state index contributed by atoms with van der Waals surface area (Å²) in [6, 6.07) is 15.4. The molecule has 0 atom stereocenters. The van der Waals surface area contributed by atoms with Crippen LogP contribution in [0.15, 0.2) is 54.6 Å². The molecule has 0 bridgehead atoms. The highest BCUT2D eigenvalue weighted by atomic mass is 35.5. The number of rotatable bonds is 7. The Morgan fingerprint density at radius 2 is 1.52 bits per heavy atom. The average Bonchev–Trinajstić information content (AvgIpc) is 2.71. The SMILES string of the molecule is O=C(CCC(=O)Nc1ccccc1)NNC(=S)NC(=O)COc1ccc(Cl)cc1. The van der Waals surface area contributed by atoms with E-state index in [0.717, 1.165) is 0 Å². The average molecular weight is 435 g/mol. The monoisotopic (exact) mass is 434 g/mol. The first kappa shape index (κ1) is 22.1. The second-order valence-corrected chi connectivity index (χ2v) is 6.55. The topological polar surface area (TPSA) is 109 Å². The first-order valence-electron chi connectivity index (χ1n) is 8.54. The summed E-state index contributed by atoms with van der Waals surface area (Å²) in [5.41, 5.74) is 5.35. The number of amides is 3. The molecular formula is C19H19ClN4O4S. The van der Waals surface area contributed by atoms with E-state index >= 15 is 0 Å². The second kappa shape index (κ2) is 11.6. The Hall–Kier alpha value is -3.17. The fraction of sp³-hybridized carbons (Fsp3) is 0.158. The Kier molecular flexibility index (Phi) is 8.87. The smallest absolute Gasteiger partial charge is 0.264 e. The maximum atomic E-state index is 11.8. The highest BCUT2D eigenvalue weighted by molar-refractivity contribution is 7.80. The van der Waals surface area contributed by atoms with Crippen molar-refractivity contribution in [1.29, 1.82) is 0 Å². The Bertz CT molecular complexity index is 862. The van der Waals surface area contributed by atoms with Crippen LogP contribution in [0.4, 0.5) is 5.69 Å². The number of halogens is 1. The van der Waals surface area contributed by atoms with E-state index in [9.17, 15) is 14.4 Å². The summed E-state index contributed by atoms with van der Waals surface area (Å²) >= 11 is 10.7. The van der Waals surface area contributed by atoms with Gasteiger partial charge >= 0.3 is 0 Å². The zero-order chi connectivity index (χ0) is 21.1. The highest BCUT2D eigenvalue weighted by Gasteiger charge is 2.09. The molecule has 0 unspecified atom stereocenters. The van der Waals surface area contributed by atoms with Crippen LogP contribution in [0.2, 0.25) is 5.02 Å². The van der Waals surface area contributed by atoms with Crippen molar-refractivity contribution in [3.05, 3.63) is 59.6 Å². The van der Waals surface area contributed by atoms with Gasteiger partial charge in [0, 0.05) is 23.6 Å². The summed E-state index contributed by atoms with van der Waals surface area (Å²) in [5.74, 6) is -0.775. The zero-order valence-electron chi connectivity index (χ0n) is 15.2. The van der Waals surface area contributed by atoms with Gasteiger partial charge in [0.05, 0.1) is 0 Å². The summed E-state index contributed by atoms with van der Waals surface area (Å²) < 4.78 is 5.27. The van der Waals surface area contributed by atoms with E-state index in [0.29, 0.717) is 16.5 Å². The molecule has 0 heterocycles. The number of para-hydroxylation sites is 1. The minimum atomic E-state index is -0.506. The first-order chi connectivity index (χ1) is 13.9. The number of hydrogen-bond donors (Lipinski definition) is 4. The second-order valence-electron chi connectivity index (χ2n) is 5.71. The number of ether oxygens (including phenoxy) is 1. The van der Waals surface area contributed by atoms with E-state index in [2.05, 4.69) is 21.5 Å². The molecule has 152 valence electrons. The van der Waals surface area contributed by atoms with Crippen molar-refractivity contribution >= 4 is 52.3 Å². The van der Waals surface area contributed by atoms with Gasteiger partial charge in [0.1, 0.15) is 5.75 Å². The lowest BCUT2D eigenvalue weighted by atomic mass is 10.2. The first-order valence-corrected chi connectivity index (χ1v) is 9.33. The normalized spacial score (nSPS) is 9.83. The van der Waals surface area contributed by atoms with Gasteiger partial charge in [0.15, 0.2) is 11.7 Å². The molecule has 2 aromatic carbocycles. The third-order valence-corrected chi connectivity index (χ3v) is 3.84. The van der Waals surface area contributed by atoms with Gasteiger partial charge in [-0.2, -0.15) is 0 Å². The number of thiocarbonyl (C=S) groups is 1. The molecule has 0 saturated heterocycles. The molecule has 8 nitrogen and oxygen atoms in total. The number of hydrazine groups is 1. The van der Waals surface area contributed by atoms with Crippen molar-refractivity contribution in [2.45, 2.75) is 12.8 Å². The molecule has 0 aromatic heterocycles. The molecule has 4 N–H and O–H groups in total. The van der Waals surface area contributed by atoms with Gasteiger partial charge < -0.3 is 10.1 Å². The molecule has 0 spiro atoms. The fourth-order valence-corrected chi connectivity index (χ4v) is 2.33. The van der Waals surface area contributed by atoms with Crippen LogP contribution in [0.25, 0.3) is 0 Å². The molecule has 29 heavy (non-hydrogen) atoms. The standard InChI is InChI=1S/C19H19ClN4O4S/c20-13-6-8-15(9-7-13)28-12-18(27)22-19(29)24-23-17(26)11-10-16(25)21-14-4-2-1-3-5-14/h1-9H,10-12H2,(H,21,25)(H,23,26)(H2,22,24,27,29). The highest BCUT2D eigenvalue weighted by Crippen LogP contribution is 2.15. The van der Waals surface area contributed by atoms with Crippen molar-refractivity contribution < 1.29 is 19.1 Å². The molecule has 0 radical (unpaired) electrons. The summed E-state index contributed by atoms with van der Waals surface area (Å²) in [6.07, 6.45) is -0.0572. The molecule has 0 aliphatic rings. The van der Waals surface area contributed by atoms with Crippen LogP contribution in [-0.4, -0.2) is 29.4 Å². The van der Waals surface area contributed by atoms with Crippen LogP contribution in [0.1, 0.15) is 12.8 Å². The lowest BCUT2D eigenvalue weighted by molar-refractivity contribution is -0.125. The van der Waals surface area contributed by atoms with E-state index in [4.69, 9.17) is 28.6 Å². The van der Waals surface area contributed by atoms with Gasteiger partial charge in [-0.1, -0.05) is 29.8 Å². The summed E-state index contributed by atoms with van der Waals surface area (Å²) in [4.78, 5) is 35.3.